The van der Waals surface area contributed by atoms with E-state index < -0.39 is 5.41 Å². The third kappa shape index (κ3) is 3.32. The van der Waals surface area contributed by atoms with Gasteiger partial charge in [-0.2, -0.15) is 0 Å². The Morgan fingerprint density at radius 1 is 1.22 bits per heavy atom. The van der Waals surface area contributed by atoms with Gasteiger partial charge in [0.25, 0.3) is 0 Å². The van der Waals surface area contributed by atoms with Crippen molar-refractivity contribution in [2.75, 3.05) is 0 Å². The van der Waals surface area contributed by atoms with Crippen LogP contribution in [0, 0.1) is 11.3 Å². The van der Waals surface area contributed by atoms with Crippen molar-refractivity contribution in [2.45, 2.75) is 46.5 Å². The fourth-order valence-electron chi connectivity index (χ4n) is 2.29. The van der Waals surface area contributed by atoms with Crippen LogP contribution in [0.3, 0.4) is 0 Å². The first-order valence-corrected chi connectivity index (χ1v) is 6.56. The molecule has 1 atom stereocenters. The zero-order valence-corrected chi connectivity index (χ0v) is 14.4. The molecule has 1 aliphatic heterocycles. The topological polar surface area (TPSA) is 58.2 Å². The SMILES string of the molecule is CCCCC1(C(C)CC)C(=O)NC(=S)NC1=O.[Na+]. The molecule has 0 aromatic rings. The molecule has 4 nitrogen and oxygen atoms in total. The molecule has 0 bridgehead atoms. The Balaban J connectivity index is 0.00000289. The summed E-state index contributed by atoms with van der Waals surface area (Å²) in [5, 5.41) is 5.29. The van der Waals surface area contributed by atoms with Crippen LogP contribution in [0.2, 0.25) is 0 Å². The molecule has 1 saturated heterocycles. The number of nitrogens with one attached hydrogen (secondary N) is 2. The molecular weight excluding hydrogens is 259 g/mol. The van der Waals surface area contributed by atoms with Crippen LogP contribution in [0.1, 0.15) is 46.5 Å². The van der Waals surface area contributed by atoms with E-state index in [1.807, 2.05) is 20.8 Å². The molecule has 1 unspecified atom stereocenters. The largest absolute Gasteiger partial charge is 1.00 e. The summed E-state index contributed by atoms with van der Waals surface area (Å²) >= 11 is 4.83. The van der Waals surface area contributed by atoms with Gasteiger partial charge in [-0.25, -0.2) is 0 Å². The van der Waals surface area contributed by atoms with Crippen molar-refractivity contribution < 1.29 is 39.1 Å². The van der Waals surface area contributed by atoms with E-state index in [9.17, 15) is 9.59 Å². The summed E-state index contributed by atoms with van der Waals surface area (Å²) in [5.41, 5.74) is -0.951. The number of unbranched alkanes of at least 4 members (excludes halogenated alkanes) is 1. The molecule has 0 spiro atoms. The first-order chi connectivity index (χ1) is 7.98. The van der Waals surface area contributed by atoms with Crippen LogP contribution < -0.4 is 40.2 Å². The van der Waals surface area contributed by atoms with Gasteiger partial charge >= 0.3 is 29.6 Å². The molecule has 1 heterocycles. The fourth-order valence-corrected chi connectivity index (χ4v) is 2.47. The minimum absolute atomic E-state index is 0. The van der Waals surface area contributed by atoms with Gasteiger partial charge in [0.1, 0.15) is 5.41 Å². The average molecular weight is 279 g/mol. The maximum Gasteiger partial charge on any atom is 1.00 e. The number of hydrogen-bond acceptors (Lipinski definition) is 3. The van der Waals surface area contributed by atoms with Gasteiger partial charge in [-0.05, 0) is 24.6 Å². The summed E-state index contributed by atoms with van der Waals surface area (Å²) in [6, 6.07) is 0. The van der Waals surface area contributed by atoms with Gasteiger partial charge in [0, 0.05) is 0 Å². The van der Waals surface area contributed by atoms with Crippen LogP contribution in [0.25, 0.3) is 0 Å². The predicted octanol–water partition coefficient (Wildman–Crippen LogP) is -1.26. The van der Waals surface area contributed by atoms with Crippen LogP contribution in [0.4, 0.5) is 0 Å². The summed E-state index contributed by atoms with van der Waals surface area (Å²) in [6.07, 6.45) is 3.19. The van der Waals surface area contributed by atoms with Crippen LogP contribution in [-0.2, 0) is 9.59 Å². The van der Waals surface area contributed by atoms with E-state index in [0.29, 0.717) is 6.42 Å². The second kappa shape index (κ2) is 7.58. The third-order valence-electron chi connectivity index (χ3n) is 3.64. The molecule has 2 amide bonds. The summed E-state index contributed by atoms with van der Waals surface area (Å²) in [6.45, 7) is 5.99. The quantitative estimate of drug-likeness (QED) is 0.375. The minimum atomic E-state index is -0.951. The Morgan fingerprint density at radius 2 is 1.72 bits per heavy atom. The molecule has 1 rings (SSSR count). The molecule has 0 aromatic carbocycles. The predicted molar refractivity (Wildman–Crippen MR) is 70.3 cm³/mol. The zero-order chi connectivity index (χ0) is 13.1. The van der Waals surface area contributed by atoms with Gasteiger partial charge in [-0.3, -0.25) is 9.59 Å². The number of rotatable bonds is 5. The third-order valence-corrected chi connectivity index (χ3v) is 3.85. The van der Waals surface area contributed by atoms with E-state index in [-0.39, 0.29) is 52.4 Å². The number of carbonyl (C=O) groups excluding carboxylic acids is 2. The number of hydrogen-bond donors (Lipinski definition) is 2. The first kappa shape index (κ1) is 18.0. The van der Waals surface area contributed by atoms with Crippen molar-refractivity contribution in [3.8, 4) is 0 Å². The Morgan fingerprint density at radius 3 is 2.11 bits per heavy atom. The van der Waals surface area contributed by atoms with E-state index in [4.69, 9.17) is 12.2 Å². The van der Waals surface area contributed by atoms with E-state index in [0.717, 1.165) is 19.3 Å². The van der Waals surface area contributed by atoms with Gasteiger partial charge < -0.3 is 10.6 Å². The Hall–Kier alpha value is 0.0300. The van der Waals surface area contributed by atoms with Crippen LogP contribution in [-0.4, -0.2) is 16.9 Å². The monoisotopic (exact) mass is 279 g/mol. The van der Waals surface area contributed by atoms with E-state index in [2.05, 4.69) is 10.6 Å². The van der Waals surface area contributed by atoms with Crippen LogP contribution >= 0.6 is 12.2 Å². The number of amides is 2. The van der Waals surface area contributed by atoms with Gasteiger partial charge in [0.15, 0.2) is 5.11 Å². The second-order valence-electron chi connectivity index (χ2n) is 4.62. The van der Waals surface area contributed by atoms with Gasteiger partial charge in [0.05, 0.1) is 0 Å². The molecular formula is C12H20N2NaO2S+. The molecule has 0 radical (unpaired) electrons. The molecule has 6 heteroatoms. The summed E-state index contributed by atoms with van der Waals surface area (Å²) < 4.78 is 0. The van der Waals surface area contributed by atoms with Crippen molar-refractivity contribution in [2.24, 2.45) is 11.3 Å². The summed E-state index contributed by atoms with van der Waals surface area (Å²) in [7, 11) is 0. The Kier molecular flexibility index (Phi) is 7.59. The fraction of sp³-hybridized carbons (Fsp3) is 0.750. The van der Waals surface area contributed by atoms with Crippen LogP contribution in [0.15, 0.2) is 0 Å². The van der Waals surface area contributed by atoms with Crippen molar-refractivity contribution in [3.05, 3.63) is 0 Å². The van der Waals surface area contributed by atoms with Gasteiger partial charge in [-0.1, -0.05) is 40.0 Å². The summed E-state index contributed by atoms with van der Waals surface area (Å²) in [5.74, 6) is -0.472. The Labute approximate surface area is 136 Å². The van der Waals surface area contributed by atoms with Gasteiger partial charge in [-0.15, -0.1) is 0 Å². The molecule has 2 N–H and O–H groups in total. The first-order valence-electron chi connectivity index (χ1n) is 6.15. The molecule has 1 aliphatic rings. The molecule has 96 valence electrons. The molecule has 0 aromatic heterocycles. The van der Waals surface area contributed by atoms with E-state index >= 15 is 0 Å². The molecule has 18 heavy (non-hydrogen) atoms. The molecule has 0 aliphatic carbocycles. The Bertz CT molecular complexity index is 327. The van der Waals surface area contributed by atoms with E-state index in [1.54, 1.807) is 0 Å². The number of carbonyl (C=O) groups is 2. The second-order valence-corrected chi connectivity index (χ2v) is 5.03. The normalized spacial score (nSPS) is 19.6. The van der Waals surface area contributed by atoms with Crippen molar-refractivity contribution in [1.82, 2.24) is 10.6 Å². The average Bonchev–Trinajstić information content (AvgIpc) is 2.27. The molecule has 1 fully saturated rings. The van der Waals surface area contributed by atoms with Gasteiger partial charge in [0.2, 0.25) is 11.8 Å². The maximum atomic E-state index is 12.2. The maximum absolute atomic E-state index is 12.2. The zero-order valence-electron chi connectivity index (χ0n) is 11.6. The minimum Gasteiger partial charge on any atom is -0.302 e. The van der Waals surface area contributed by atoms with Crippen molar-refractivity contribution in [3.63, 3.8) is 0 Å². The number of thiocarbonyl (C=S) groups is 1. The van der Waals surface area contributed by atoms with Crippen molar-refractivity contribution in [1.29, 1.82) is 0 Å². The standard InChI is InChI=1S/C12H20N2O2S.Na/c1-4-6-7-12(8(3)5-2)9(15)13-11(17)14-10(12)16;/h8H,4-7H2,1-3H3,(H2,13,14,15,16,17);/q;+1. The molecule has 0 saturated carbocycles. The van der Waals surface area contributed by atoms with Crippen molar-refractivity contribution >= 4 is 29.1 Å². The van der Waals surface area contributed by atoms with Crippen LogP contribution in [0.5, 0.6) is 0 Å². The smallest absolute Gasteiger partial charge is 0.302 e. The summed E-state index contributed by atoms with van der Waals surface area (Å²) in [4.78, 5) is 24.4. The van der Waals surface area contributed by atoms with E-state index in [1.165, 1.54) is 0 Å².